The Morgan fingerprint density at radius 2 is 1.92 bits per heavy atom. The van der Waals surface area contributed by atoms with Crippen LogP contribution in [-0.4, -0.2) is 28.1 Å². The summed E-state index contributed by atoms with van der Waals surface area (Å²) in [5, 5.41) is 27.0. The summed E-state index contributed by atoms with van der Waals surface area (Å²) < 4.78 is 0. The number of hydrogen-bond acceptors (Lipinski definition) is 5. The largest absolute Gasteiger partial charge is 0.388 e. The third-order valence-corrected chi connectivity index (χ3v) is 4.37. The molecule has 0 saturated heterocycles. The summed E-state index contributed by atoms with van der Waals surface area (Å²) in [7, 11) is 0. The summed E-state index contributed by atoms with van der Waals surface area (Å²) in [6, 6.07) is 13.4. The van der Waals surface area contributed by atoms with Crippen molar-refractivity contribution in [3.63, 3.8) is 0 Å². The smallest absolute Gasteiger partial charge is 0.293 e. The molecule has 0 aliphatic heterocycles. The van der Waals surface area contributed by atoms with E-state index in [2.05, 4.69) is 10.6 Å². The van der Waals surface area contributed by atoms with Crippen molar-refractivity contribution in [2.45, 2.75) is 24.9 Å². The van der Waals surface area contributed by atoms with Crippen molar-refractivity contribution in [2.75, 3.05) is 11.9 Å². The average molecular weight is 341 g/mol. The summed E-state index contributed by atoms with van der Waals surface area (Å²) in [6.07, 6.45) is 2.26. The van der Waals surface area contributed by atoms with Crippen LogP contribution in [0.15, 0.2) is 48.5 Å². The van der Waals surface area contributed by atoms with E-state index < -0.39 is 16.4 Å². The molecule has 3 N–H and O–H groups in total. The molecule has 0 aromatic heterocycles. The molecule has 7 nitrogen and oxygen atoms in total. The number of rotatable bonds is 6. The number of nitrogens with zero attached hydrogens (tertiary/aromatic N) is 1. The van der Waals surface area contributed by atoms with E-state index in [0.29, 0.717) is 18.5 Å². The first-order chi connectivity index (χ1) is 12.0. The molecule has 7 heteroatoms. The fourth-order valence-corrected chi connectivity index (χ4v) is 2.72. The number of carbonyl (C=O) groups is 1. The topological polar surface area (TPSA) is 104 Å². The highest BCUT2D eigenvalue weighted by Crippen LogP contribution is 2.31. The lowest BCUT2D eigenvalue weighted by molar-refractivity contribution is -0.383. The number of carbonyl (C=O) groups excluding carboxylic acids is 1. The molecule has 1 fully saturated rings. The minimum absolute atomic E-state index is 0.156. The molecule has 1 saturated carbocycles. The summed E-state index contributed by atoms with van der Waals surface area (Å²) in [5.41, 5.74) is 0.198. The van der Waals surface area contributed by atoms with Crippen molar-refractivity contribution in [3.8, 4) is 0 Å². The summed E-state index contributed by atoms with van der Waals surface area (Å²) >= 11 is 0. The molecule has 0 atom stereocenters. The van der Waals surface area contributed by atoms with Gasteiger partial charge >= 0.3 is 0 Å². The van der Waals surface area contributed by atoms with Crippen LogP contribution >= 0.6 is 0 Å². The summed E-state index contributed by atoms with van der Waals surface area (Å²) in [4.78, 5) is 23.0. The fraction of sp³-hybridized carbons (Fsp3) is 0.278. The van der Waals surface area contributed by atoms with Crippen LogP contribution in [-0.2, 0) is 0 Å². The molecule has 2 aromatic carbocycles. The second-order valence-corrected chi connectivity index (χ2v) is 6.24. The van der Waals surface area contributed by atoms with E-state index in [0.717, 1.165) is 12.1 Å². The molecule has 3 rings (SSSR count). The van der Waals surface area contributed by atoms with Gasteiger partial charge in [-0.25, -0.2) is 0 Å². The molecule has 1 amide bonds. The first-order valence-corrected chi connectivity index (χ1v) is 8.08. The zero-order valence-corrected chi connectivity index (χ0v) is 13.6. The Morgan fingerprint density at radius 1 is 1.20 bits per heavy atom. The van der Waals surface area contributed by atoms with Crippen molar-refractivity contribution in [2.24, 2.45) is 0 Å². The summed E-state index contributed by atoms with van der Waals surface area (Å²) in [6.45, 7) is 0.156. The SMILES string of the molecule is O=C(NCC1(O)CCC1)c1ccc(Nc2ccccc2)c([N+](=O)[O-])c1. The fourth-order valence-electron chi connectivity index (χ4n) is 2.72. The van der Waals surface area contributed by atoms with E-state index in [9.17, 15) is 20.0 Å². The molecule has 25 heavy (non-hydrogen) atoms. The van der Waals surface area contributed by atoms with Crippen molar-refractivity contribution in [3.05, 3.63) is 64.2 Å². The third-order valence-electron chi connectivity index (χ3n) is 4.37. The quantitative estimate of drug-likeness (QED) is 0.553. The van der Waals surface area contributed by atoms with Gasteiger partial charge in [0.2, 0.25) is 0 Å². The van der Waals surface area contributed by atoms with Crippen LogP contribution in [0.3, 0.4) is 0 Å². The zero-order valence-electron chi connectivity index (χ0n) is 13.6. The van der Waals surface area contributed by atoms with Crippen molar-refractivity contribution < 1.29 is 14.8 Å². The monoisotopic (exact) mass is 341 g/mol. The number of nitro benzene ring substituents is 1. The van der Waals surface area contributed by atoms with Crippen LogP contribution in [0.25, 0.3) is 0 Å². The minimum Gasteiger partial charge on any atom is -0.388 e. The molecule has 0 radical (unpaired) electrons. The Kier molecular flexibility index (Phi) is 4.67. The van der Waals surface area contributed by atoms with Crippen LogP contribution < -0.4 is 10.6 Å². The molecule has 0 unspecified atom stereocenters. The Morgan fingerprint density at radius 3 is 2.52 bits per heavy atom. The van der Waals surface area contributed by atoms with Gasteiger partial charge in [-0.05, 0) is 43.5 Å². The highest BCUT2D eigenvalue weighted by molar-refractivity contribution is 5.96. The van der Waals surface area contributed by atoms with Crippen LogP contribution in [0.2, 0.25) is 0 Å². The van der Waals surface area contributed by atoms with Gasteiger partial charge in [0, 0.05) is 23.9 Å². The van der Waals surface area contributed by atoms with E-state index in [4.69, 9.17) is 0 Å². The zero-order chi connectivity index (χ0) is 17.9. The molecule has 130 valence electrons. The van der Waals surface area contributed by atoms with Crippen molar-refractivity contribution in [1.82, 2.24) is 5.32 Å². The van der Waals surface area contributed by atoms with Gasteiger partial charge < -0.3 is 15.7 Å². The number of benzene rings is 2. The molecule has 1 aliphatic rings. The number of hydrogen-bond donors (Lipinski definition) is 3. The second-order valence-electron chi connectivity index (χ2n) is 6.24. The van der Waals surface area contributed by atoms with Gasteiger partial charge in [0.25, 0.3) is 11.6 Å². The third kappa shape index (κ3) is 3.95. The molecular formula is C18H19N3O4. The highest BCUT2D eigenvalue weighted by atomic mass is 16.6. The maximum atomic E-state index is 12.2. The molecular weight excluding hydrogens is 322 g/mol. The first kappa shape index (κ1) is 16.9. The van der Waals surface area contributed by atoms with E-state index in [1.54, 1.807) is 12.1 Å². The highest BCUT2D eigenvalue weighted by Gasteiger charge is 2.34. The number of aliphatic hydroxyl groups is 1. The van der Waals surface area contributed by atoms with Crippen LogP contribution in [0, 0.1) is 10.1 Å². The average Bonchev–Trinajstić information content (AvgIpc) is 2.59. The number of amides is 1. The predicted octanol–water partition coefficient (Wildman–Crippen LogP) is 2.98. The minimum atomic E-state index is -0.837. The number of para-hydroxylation sites is 1. The molecule has 0 spiro atoms. The van der Waals surface area contributed by atoms with E-state index >= 15 is 0 Å². The second kappa shape index (κ2) is 6.90. The Bertz CT molecular complexity index is 788. The van der Waals surface area contributed by atoms with E-state index in [1.165, 1.54) is 18.2 Å². The van der Waals surface area contributed by atoms with Gasteiger partial charge in [0.1, 0.15) is 5.69 Å². The number of nitro groups is 1. The van der Waals surface area contributed by atoms with E-state index in [1.807, 2.05) is 18.2 Å². The van der Waals surface area contributed by atoms with Crippen LogP contribution in [0.5, 0.6) is 0 Å². The molecule has 2 aromatic rings. The van der Waals surface area contributed by atoms with Gasteiger partial charge in [-0.15, -0.1) is 0 Å². The Labute approximate surface area is 144 Å². The van der Waals surface area contributed by atoms with E-state index in [-0.39, 0.29) is 17.8 Å². The van der Waals surface area contributed by atoms with Gasteiger partial charge in [0.05, 0.1) is 10.5 Å². The van der Waals surface area contributed by atoms with Crippen molar-refractivity contribution in [1.29, 1.82) is 0 Å². The van der Waals surface area contributed by atoms with Gasteiger partial charge in [-0.3, -0.25) is 14.9 Å². The summed E-state index contributed by atoms with van der Waals surface area (Å²) in [5.74, 6) is -0.435. The lowest BCUT2D eigenvalue weighted by atomic mass is 9.80. The maximum absolute atomic E-state index is 12.2. The van der Waals surface area contributed by atoms with Crippen molar-refractivity contribution >= 4 is 23.0 Å². The molecule has 0 heterocycles. The standard InChI is InChI=1S/C18H19N3O4/c22-17(19-12-18(23)9-4-10-18)13-7-8-15(16(11-13)21(24)25)20-14-5-2-1-3-6-14/h1-3,5-8,11,20,23H,4,9-10,12H2,(H,19,22). The number of anilines is 2. The van der Waals surface area contributed by atoms with Gasteiger partial charge in [-0.1, -0.05) is 18.2 Å². The van der Waals surface area contributed by atoms with Crippen LogP contribution in [0.4, 0.5) is 17.1 Å². The maximum Gasteiger partial charge on any atom is 0.293 e. The molecule has 0 bridgehead atoms. The first-order valence-electron chi connectivity index (χ1n) is 8.08. The molecule has 1 aliphatic carbocycles. The van der Waals surface area contributed by atoms with Gasteiger partial charge in [0.15, 0.2) is 0 Å². The normalized spacial score (nSPS) is 15.1. The van der Waals surface area contributed by atoms with Gasteiger partial charge in [-0.2, -0.15) is 0 Å². The predicted molar refractivity (Wildman–Crippen MR) is 94.0 cm³/mol. The lowest BCUT2D eigenvalue weighted by Gasteiger charge is -2.36. The van der Waals surface area contributed by atoms with Crippen LogP contribution in [0.1, 0.15) is 29.6 Å². The Hall–Kier alpha value is -2.93. The Balaban J connectivity index is 1.76. The lowest BCUT2D eigenvalue weighted by Crippen LogP contribution is -2.47. The number of nitrogens with one attached hydrogen (secondary N) is 2.